The maximum Gasteiger partial charge on any atom is 0.0479 e. The minimum absolute atomic E-state index is 1.21. The van der Waals surface area contributed by atoms with Crippen LogP contribution in [0.1, 0.15) is 115 Å². The van der Waals surface area contributed by atoms with E-state index in [1.165, 1.54) is 139 Å². The van der Waals surface area contributed by atoms with Gasteiger partial charge in [-0.2, -0.15) is 0 Å². The van der Waals surface area contributed by atoms with E-state index in [2.05, 4.69) is 48.2 Å². The predicted molar refractivity (Wildman–Crippen MR) is 139 cm³/mol. The SMILES string of the molecule is CCCCCCCCCCCCCCCCCCN1CCc2ccc3ccccc3c21. The van der Waals surface area contributed by atoms with Crippen molar-refractivity contribution in [3.8, 4) is 0 Å². The molecule has 1 aliphatic rings. The van der Waals surface area contributed by atoms with Gasteiger partial charge in [-0.1, -0.05) is 140 Å². The molecule has 0 unspecified atom stereocenters. The lowest BCUT2D eigenvalue weighted by Gasteiger charge is -2.21. The molecule has 1 heterocycles. The summed E-state index contributed by atoms with van der Waals surface area (Å²) in [4.78, 5) is 2.65. The lowest BCUT2D eigenvalue weighted by molar-refractivity contribution is 0.529. The van der Waals surface area contributed by atoms with Crippen LogP contribution in [-0.4, -0.2) is 13.1 Å². The highest BCUT2D eigenvalue weighted by Crippen LogP contribution is 2.35. The van der Waals surface area contributed by atoms with Gasteiger partial charge in [-0.05, 0) is 23.8 Å². The molecule has 2 aromatic rings. The highest BCUT2D eigenvalue weighted by molar-refractivity contribution is 5.96. The van der Waals surface area contributed by atoms with Gasteiger partial charge in [-0.3, -0.25) is 0 Å². The fourth-order valence-corrected chi connectivity index (χ4v) is 5.32. The van der Waals surface area contributed by atoms with Crippen molar-refractivity contribution >= 4 is 16.5 Å². The third-order valence-corrected chi connectivity index (χ3v) is 7.23. The van der Waals surface area contributed by atoms with Gasteiger partial charge in [0.25, 0.3) is 0 Å². The molecule has 0 saturated carbocycles. The fraction of sp³-hybridized carbons (Fsp3) is 0.667. The molecule has 0 spiro atoms. The second-order valence-electron chi connectivity index (χ2n) is 9.83. The Balaban J connectivity index is 1.16. The van der Waals surface area contributed by atoms with Crippen molar-refractivity contribution in [2.75, 3.05) is 18.0 Å². The van der Waals surface area contributed by atoms with Gasteiger partial charge in [-0.25, -0.2) is 0 Å². The largest absolute Gasteiger partial charge is 0.370 e. The predicted octanol–water partition coefficient (Wildman–Crippen LogP) is 9.46. The molecule has 3 rings (SSSR count). The average Bonchev–Trinajstić information content (AvgIpc) is 3.22. The Morgan fingerprint density at radius 2 is 1.16 bits per heavy atom. The van der Waals surface area contributed by atoms with Crippen LogP contribution < -0.4 is 4.90 Å². The molecule has 2 aromatic carbocycles. The lowest BCUT2D eigenvalue weighted by Crippen LogP contribution is -2.21. The van der Waals surface area contributed by atoms with Gasteiger partial charge < -0.3 is 4.90 Å². The Morgan fingerprint density at radius 1 is 0.613 bits per heavy atom. The summed E-state index contributed by atoms with van der Waals surface area (Å²) in [5.41, 5.74) is 3.08. The number of benzene rings is 2. The van der Waals surface area contributed by atoms with Gasteiger partial charge in [0.15, 0.2) is 0 Å². The number of nitrogens with zero attached hydrogens (tertiary/aromatic N) is 1. The summed E-state index contributed by atoms with van der Waals surface area (Å²) in [5, 5.41) is 2.84. The zero-order valence-corrected chi connectivity index (χ0v) is 20.3. The Hall–Kier alpha value is -1.50. The summed E-state index contributed by atoms with van der Waals surface area (Å²) in [6.45, 7) is 4.75. The molecule has 0 radical (unpaired) electrons. The number of hydrogen-bond acceptors (Lipinski definition) is 1. The summed E-state index contributed by atoms with van der Waals surface area (Å²) in [6, 6.07) is 13.6. The normalized spacial score (nSPS) is 13.3. The third-order valence-electron chi connectivity index (χ3n) is 7.23. The van der Waals surface area contributed by atoms with Crippen molar-refractivity contribution in [2.24, 2.45) is 0 Å². The molecule has 0 fully saturated rings. The molecule has 1 nitrogen and oxygen atoms in total. The number of hydrogen-bond donors (Lipinski definition) is 0. The van der Waals surface area contributed by atoms with Crippen LogP contribution in [0.4, 0.5) is 5.69 Å². The Kier molecular flexibility index (Phi) is 11.3. The van der Waals surface area contributed by atoms with E-state index in [1.54, 1.807) is 5.56 Å². The lowest BCUT2D eigenvalue weighted by atomic mass is 10.0. The zero-order valence-electron chi connectivity index (χ0n) is 20.3. The van der Waals surface area contributed by atoms with Crippen LogP contribution in [-0.2, 0) is 6.42 Å². The smallest absolute Gasteiger partial charge is 0.0479 e. The van der Waals surface area contributed by atoms with Gasteiger partial charge in [0.2, 0.25) is 0 Å². The standard InChI is InChI=1S/C30H47N/c1-2-3-4-5-6-7-8-9-10-11-12-13-14-15-16-19-25-31-26-24-28-23-22-27-20-17-18-21-29(27)30(28)31/h17-18,20-23H,2-16,19,24-26H2,1H3. The fourth-order valence-electron chi connectivity index (χ4n) is 5.32. The zero-order chi connectivity index (χ0) is 21.6. The van der Waals surface area contributed by atoms with E-state index in [1.807, 2.05) is 0 Å². The van der Waals surface area contributed by atoms with Gasteiger partial charge >= 0.3 is 0 Å². The molecule has 0 amide bonds. The molecule has 0 bridgehead atoms. The van der Waals surface area contributed by atoms with Crippen molar-refractivity contribution < 1.29 is 0 Å². The van der Waals surface area contributed by atoms with Crippen LogP contribution in [0.25, 0.3) is 10.8 Å². The number of fused-ring (bicyclic) bond motifs is 3. The van der Waals surface area contributed by atoms with E-state index in [4.69, 9.17) is 0 Å². The minimum atomic E-state index is 1.21. The van der Waals surface area contributed by atoms with Crippen molar-refractivity contribution in [3.05, 3.63) is 42.0 Å². The van der Waals surface area contributed by atoms with Gasteiger partial charge in [0.1, 0.15) is 0 Å². The number of rotatable bonds is 17. The molecule has 172 valence electrons. The van der Waals surface area contributed by atoms with Crippen molar-refractivity contribution in [1.29, 1.82) is 0 Å². The van der Waals surface area contributed by atoms with Crippen LogP contribution in [0.5, 0.6) is 0 Å². The second kappa shape index (κ2) is 14.5. The first kappa shape index (κ1) is 24.1. The molecule has 1 aliphatic heterocycles. The molecule has 0 aromatic heterocycles. The number of unbranched alkanes of at least 4 members (excludes halogenated alkanes) is 15. The number of anilines is 1. The van der Waals surface area contributed by atoms with E-state index in [0.29, 0.717) is 0 Å². The van der Waals surface area contributed by atoms with Gasteiger partial charge in [0, 0.05) is 24.2 Å². The topological polar surface area (TPSA) is 3.24 Å². The van der Waals surface area contributed by atoms with Crippen LogP contribution >= 0.6 is 0 Å². The van der Waals surface area contributed by atoms with E-state index in [0.717, 1.165) is 0 Å². The maximum atomic E-state index is 2.65. The average molecular weight is 422 g/mol. The summed E-state index contributed by atoms with van der Waals surface area (Å²) in [7, 11) is 0. The van der Waals surface area contributed by atoms with E-state index in [9.17, 15) is 0 Å². The van der Waals surface area contributed by atoms with E-state index >= 15 is 0 Å². The molecule has 0 aliphatic carbocycles. The Morgan fingerprint density at radius 3 is 1.77 bits per heavy atom. The highest BCUT2D eigenvalue weighted by Gasteiger charge is 2.20. The summed E-state index contributed by atoms with van der Waals surface area (Å²) in [6.07, 6.45) is 24.3. The van der Waals surface area contributed by atoms with Crippen LogP contribution in [0.15, 0.2) is 36.4 Å². The first-order chi connectivity index (χ1) is 15.4. The van der Waals surface area contributed by atoms with Crippen LogP contribution in [0, 0.1) is 0 Å². The molecule has 0 saturated heterocycles. The molecular formula is C30H47N. The van der Waals surface area contributed by atoms with Gasteiger partial charge in [0.05, 0.1) is 0 Å². The first-order valence-electron chi connectivity index (χ1n) is 13.7. The third kappa shape index (κ3) is 8.17. The van der Waals surface area contributed by atoms with Gasteiger partial charge in [-0.15, -0.1) is 0 Å². The summed E-state index contributed by atoms with van der Waals surface area (Å²) in [5.74, 6) is 0. The van der Waals surface area contributed by atoms with Crippen molar-refractivity contribution in [3.63, 3.8) is 0 Å². The maximum absolute atomic E-state index is 2.65. The Labute approximate surface area is 192 Å². The second-order valence-corrected chi connectivity index (χ2v) is 9.83. The van der Waals surface area contributed by atoms with Crippen molar-refractivity contribution in [1.82, 2.24) is 0 Å². The summed E-state index contributed by atoms with van der Waals surface area (Å²) < 4.78 is 0. The quantitative estimate of drug-likeness (QED) is 0.230. The summed E-state index contributed by atoms with van der Waals surface area (Å²) >= 11 is 0. The Bertz CT molecular complexity index is 734. The van der Waals surface area contributed by atoms with Crippen LogP contribution in [0.3, 0.4) is 0 Å². The minimum Gasteiger partial charge on any atom is -0.370 e. The molecular weight excluding hydrogens is 374 g/mol. The molecule has 0 atom stereocenters. The monoisotopic (exact) mass is 421 g/mol. The van der Waals surface area contributed by atoms with Crippen molar-refractivity contribution in [2.45, 2.75) is 116 Å². The van der Waals surface area contributed by atoms with E-state index < -0.39 is 0 Å². The highest BCUT2D eigenvalue weighted by atomic mass is 15.1. The first-order valence-corrected chi connectivity index (χ1v) is 13.7. The molecule has 31 heavy (non-hydrogen) atoms. The molecule has 1 heteroatoms. The van der Waals surface area contributed by atoms with E-state index in [-0.39, 0.29) is 0 Å². The van der Waals surface area contributed by atoms with Crippen LogP contribution in [0.2, 0.25) is 0 Å². The molecule has 0 N–H and O–H groups in total.